The van der Waals surface area contributed by atoms with Gasteiger partial charge in [0.1, 0.15) is 5.88 Å². The van der Waals surface area contributed by atoms with Crippen LogP contribution in [0.2, 0.25) is 0 Å². The monoisotopic (exact) mass is 576 g/mol. The Kier molecular flexibility index (Phi) is 5.55. The molecule has 154 valence electrons. The molecule has 2 aromatic carbocycles. The number of pyridine rings is 1. The molecule has 0 fully saturated rings. The average Bonchev–Trinajstić information content (AvgIpc) is 3.32. The Morgan fingerprint density at radius 2 is 1.80 bits per heavy atom. The predicted octanol–water partition coefficient (Wildman–Crippen LogP) is 3.97. The van der Waals surface area contributed by atoms with Crippen molar-refractivity contribution in [2.45, 2.75) is 0 Å². The second-order valence-corrected chi connectivity index (χ2v) is 6.65. The summed E-state index contributed by atoms with van der Waals surface area (Å²) in [5.74, 6) is 0.910. The van der Waals surface area contributed by atoms with E-state index in [4.69, 9.17) is 4.74 Å². The fraction of sp³-hybridized carbons (Fsp3) is 0.0909. The molecular weight excluding hydrogens is 559 g/mol. The number of fused-ring (bicyclic) bond motifs is 1. The van der Waals surface area contributed by atoms with E-state index >= 15 is 0 Å². The fourth-order valence-electron chi connectivity index (χ4n) is 3.24. The van der Waals surface area contributed by atoms with Crippen LogP contribution in [0.1, 0.15) is 0 Å². The van der Waals surface area contributed by atoms with E-state index in [9.17, 15) is 0 Å². The first-order valence-corrected chi connectivity index (χ1v) is 9.09. The summed E-state index contributed by atoms with van der Waals surface area (Å²) in [5, 5.41) is 8.08. The van der Waals surface area contributed by atoms with E-state index in [1.54, 1.807) is 10.9 Å². The molecule has 1 aliphatic heterocycles. The van der Waals surface area contributed by atoms with Gasteiger partial charge in [-0.2, -0.15) is 29.6 Å². The number of benzene rings is 2. The molecule has 0 bridgehead atoms. The van der Waals surface area contributed by atoms with Crippen molar-refractivity contribution in [2.24, 2.45) is 7.05 Å². The van der Waals surface area contributed by atoms with Crippen molar-refractivity contribution in [1.29, 1.82) is 0 Å². The van der Waals surface area contributed by atoms with Gasteiger partial charge in [-0.25, -0.2) is 0 Å². The number of ether oxygens (including phenoxy) is 1. The number of hydrogen-bond donors (Lipinski definition) is 0. The van der Waals surface area contributed by atoms with Gasteiger partial charge in [0.15, 0.2) is 0 Å². The Morgan fingerprint density at radius 3 is 2.60 bits per heavy atom. The Balaban J connectivity index is 0.00000218. The van der Waals surface area contributed by atoms with Gasteiger partial charge in [0.25, 0.3) is 0 Å². The Morgan fingerprint density at radius 1 is 0.967 bits per heavy atom. The van der Waals surface area contributed by atoms with Crippen molar-refractivity contribution in [3.8, 4) is 22.9 Å². The number of aromatic nitrogens is 4. The number of hydrogen-bond acceptors (Lipinski definition) is 6. The molecule has 7 nitrogen and oxygen atoms in total. The molecule has 0 N–H and O–H groups in total. The van der Waals surface area contributed by atoms with Crippen LogP contribution in [0.3, 0.4) is 0 Å². The first-order chi connectivity index (χ1) is 14.2. The third kappa shape index (κ3) is 3.81. The van der Waals surface area contributed by atoms with Crippen molar-refractivity contribution in [3.05, 3.63) is 79.7 Å². The van der Waals surface area contributed by atoms with Gasteiger partial charge in [-0.1, -0.05) is 23.4 Å². The molecule has 0 amide bonds. The van der Waals surface area contributed by atoms with Gasteiger partial charge in [0.05, 0.1) is 0 Å². The smallest absolute Gasteiger partial charge is 0.124 e. The van der Waals surface area contributed by atoms with E-state index in [1.165, 1.54) is 0 Å². The third-order valence-corrected chi connectivity index (χ3v) is 4.58. The molecule has 3 heterocycles. The Labute approximate surface area is 189 Å². The van der Waals surface area contributed by atoms with Crippen LogP contribution in [0.25, 0.3) is 11.3 Å². The summed E-state index contributed by atoms with van der Waals surface area (Å²) in [4.78, 5) is 8.43. The van der Waals surface area contributed by atoms with Crippen molar-refractivity contribution < 1.29 is 25.8 Å². The molecule has 1 aliphatic rings. The van der Waals surface area contributed by atoms with Crippen molar-refractivity contribution in [1.82, 2.24) is 20.0 Å². The second-order valence-electron chi connectivity index (χ2n) is 6.65. The number of rotatable bonds is 4. The summed E-state index contributed by atoms with van der Waals surface area (Å²) in [6.45, 7) is 2.01. The summed E-state index contributed by atoms with van der Waals surface area (Å²) in [7, 11) is 3.84. The molecule has 0 aliphatic carbocycles. The zero-order valence-electron chi connectivity index (χ0n) is 16.3. The van der Waals surface area contributed by atoms with Gasteiger partial charge < -0.3 is 14.5 Å². The van der Waals surface area contributed by atoms with Gasteiger partial charge in [-0.3, -0.25) is 9.67 Å². The van der Waals surface area contributed by atoms with Gasteiger partial charge in [0.2, 0.25) is 0 Å². The SMILES string of the molecule is CN1[CH-]N(c2[c-]c(Oc3[c-]c(-c4cn(C)nn4)ccc3)ncc2)c2ccccc21.[Pt]. The third-order valence-electron chi connectivity index (χ3n) is 4.58. The number of para-hydroxylation sites is 2. The predicted molar refractivity (Wildman–Crippen MR) is 110 cm³/mol. The quantitative estimate of drug-likeness (QED) is 0.343. The maximum atomic E-state index is 5.93. The summed E-state index contributed by atoms with van der Waals surface area (Å²) >= 11 is 0. The molecule has 2 aromatic heterocycles. The van der Waals surface area contributed by atoms with Crippen LogP contribution in [0, 0.1) is 18.8 Å². The van der Waals surface area contributed by atoms with Crippen LogP contribution < -0.4 is 14.5 Å². The Bertz CT molecular complexity index is 1180. The van der Waals surface area contributed by atoms with Crippen LogP contribution in [0.4, 0.5) is 17.1 Å². The van der Waals surface area contributed by atoms with Crippen LogP contribution in [0.15, 0.2) is 60.9 Å². The molecule has 0 atom stereocenters. The minimum Gasteiger partial charge on any atom is -0.504 e. The first-order valence-electron chi connectivity index (χ1n) is 9.09. The molecule has 4 aromatic rings. The van der Waals surface area contributed by atoms with E-state index in [2.05, 4.69) is 49.4 Å². The standard InChI is InChI=1S/C22H17N6O.Pt/c1-26-15-28(21-9-4-3-8-20(21)26)17-10-11-23-22(13-17)29-18-7-5-6-16(12-18)19-14-27(2)25-24-19;/h3-11,14-15H,1-2H3;/q-3;. The zero-order chi connectivity index (χ0) is 19.8. The number of aryl methyl sites for hydroxylation is 1. The maximum Gasteiger partial charge on any atom is 0.124 e. The van der Waals surface area contributed by atoms with Gasteiger partial charge in [0, 0.05) is 57.1 Å². The van der Waals surface area contributed by atoms with Crippen molar-refractivity contribution in [3.63, 3.8) is 0 Å². The number of anilines is 3. The minimum absolute atomic E-state index is 0. The van der Waals surface area contributed by atoms with Crippen LogP contribution >= 0.6 is 0 Å². The minimum atomic E-state index is 0. The summed E-state index contributed by atoms with van der Waals surface area (Å²) < 4.78 is 7.58. The van der Waals surface area contributed by atoms with Crippen molar-refractivity contribution in [2.75, 3.05) is 16.8 Å². The molecule has 0 unspecified atom stereocenters. The van der Waals surface area contributed by atoms with E-state index in [-0.39, 0.29) is 21.1 Å². The van der Waals surface area contributed by atoms with E-state index < -0.39 is 0 Å². The van der Waals surface area contributed by atoms with E-state index in [1.807, 2.05) is 63.4 Å². The molecular formula is C22H17N6OPt-3. The fourth-order valence-corrected chi connectivity index (χ4v) is 3.24. The largest absolute Gasteiger partial charge is 0.504 e. The van der Waals surface area contributed by atoms with Gasteiger partial charge >= 0.3 is 0 Å². The van der Waals surface area contributed by atoms with E-state index in [0.29, 0.717) is 11.6 Å². The molecule has 0 spiro atoms. The normalized spacial score (nSPS) is 12.5. The molecule has 0 saturated carbocycles. The van der Waals surface area contributed by atoms with Crippen LogP contribution in [-0.2, 0) is 28.1 Å². The van der Waals surface area contributed by atoms with Crippen LogP contribution in [-0.4, -0.2) is 27.0 Å². The average molecular weight is 576 g/mol. The summed E-state index contributed by atoms with van der Waals surface area (Å²) in [5.41, 5.74) is 4.59. The topological polar surface area (TPSA) is 59.3 Å². The Hall–Kier alpha value is -3.18. The molecule has 30 heavy (non-hydrogen) atoms. The molecule has 5 rings (SSSR count). The summed E-state index contributed by atoms with van der Waals surface area (Å²) in [6, 6.07) is 22.2. The summed E-state index contributed by atoms with van der Waals surface area (Å²) in [6.07, 6.45) is 3.54. The van der Waals surface area contributed by atoms with Gasteiger partial charge in [-0.05, 0) is 25.4 Å². The first kappa shape index (κ1) is 20.1. The van der Waals surface area contributed by atoms with Crippen molar-refractivity contribution >= 4 is 17.1 Å². The van der Waals surface area contributed by atoms with E-state index in [0.717, 1.165) is 28.3 Å². The zero-order valence-corrected chi connectivity index (χ0v) is 18.5. The van der Waals surface area contributed by atoms with Crippen LogP contribution in [0.5, 0.6) is 11.6 Å². The maximum absolute atomic E-state index is 5.93. The second kappa shape index (κ2) is 8.28. The molecule has 0 radical (unpaired) electrons. The number of nitrogens with zero attached hydrogens (tertiary/aromatic N) is 6. The van der Waals surface area contributed by atoms with Gasteiger partial charge in [-0.15, -0.1) is 23.8 Å². The molecule has 0 saturated heterocycles. The molecule has 8 heteroatoms.